The second-order valence-corrected chi connectivity index (χ2v) is 3.92. The van der Waals surface area contributed by atoms with E-state index in [2.05, 4.69) is 9.89 Å². The molecule has 112 valence electrons. The molecule has 0 aliphatic heterocycles. The molecule has 0 aromatic heterocycles. The number of hydrogen-bond donors (Lipinski definition) is 3. The maximum Gasteiger partial charge on any atom is 0.291 e. The second kappa shape index (κ2) is 9.39. The maximum absolute atomic E-state index is 8.36. The molecule has 0 aliphatic rings. The van der Waals surface area contributed by atoms with Crippen LogP contribution in [0.5, 0.6) is 5.75 Å². The van der Waals surface area contributed by atoms with Gasteiger partial charge >= 0.3 is 0 Å². The van der Waals surface area contributed by atoms with Crippen LogP contribution in [0, 0.1) is 10.1 Å². The third-order valence-electron chi connectivity index (χ3n) is 1.90. The third-order valence-corrected chi connectivity index (χ3v) is 1.90. The van der Waals surface area contributed by atoms with Crippen molar-refractivity contribution in [2.75, 3.05) is 27.2 Å². The summed E-state index contributed by atoms with van der Waals surface area (Å²) in [5.74, 6) is 0.873. The largest absolute Gasteiger partial charge is 0.492 e. The summed E-state index contributed by atoms with van der Waals surface area (Å²) in [7, 11) is 4.01. The van der Waals surface area contributed by atoms with E-state index < -0.39 is 5.09 Å². The van der Waals surface area contributed by atoms with E-state index in [0.717, 1.165) is 18.0 Å². The Morgan fingerprint density at radius 3 is 2.30 bits per heavy atom. The van der Waals surface area contributed by atoms with Gasteiger partial charge in [0, 0.05) is 6.54 Å². The van der Waals surface area contributed by atoms with E-state index in [-0.39, 0.29) is 5.96 Å². The molecule has 0 aliphatic carbocycles. The number of guanidine groups is 1. The van der Waals surface area contributed by atoms with Gasteiger partial charge in [0.25, 0.3) is 5.09 Å². The molecule has 0 saturated carbocycles. The molecule has 0 atom stereocenters. The molecule has 0 spiro atoms. The van der Waals surface area contributed by atoms with E-state index in [0.29, 0.717) is 6.61 Å². The fourth-order valence-corrected chi connectivity index (χ4v) is 1.11. The molecule has 9 nitrogen and oxygen atoms in total. The molecule has 0 bridgehead atoms. The number of hydrogen-bond acceptors (Lipinski definition) is 5. The molecule has 1 rings (SSSR count). The minimum absolute atomic E-state index is 0.0567. The predicted octanol–water partition coefficient (Wildman–Crippen LogP) is 0.184. The molecule has 20 heavy (non-hydrogen) atoms. The first-order valence-electron chi connectivity index (χ1n) is 5.61. The van der Waals surface area contributed by atoms with Gasteiger partial charge in [-0.25, -0.2) is 4.99 Å². The number of nitrogens with zero attached hydrogens (tertiary/aromatic N) is 3. The molecule has 0 saturated heterocycles. The van der Waals surface area contributed by atoms with Gasteiger partial charge < -0.3 is 26.3 Å². The molecule has 1 aromatic carbocycles. The Morgan fingerprint density at radius 1 is 1.40 bits per heavy atom. The van der Waals surface area contributed by atoms with Gasteiger partial charge in [-0.15, -0.1) is 10.1 Å². The number of nitrogens with two attached hydrogens (primary N) is 2. The summed E-state index contributed by atoms with van der Waals surface area (Å²) in [6.45, 7) is 1.55. The Labute approximate surface area is 116 Å². The number of likely N-dealkylation sites (N-methyl/N-ethyl adjacent to an activating group) is 1. The van der Waals surface area contributed by atoms with Gasteiger partial charge in [-0.05, 0) is 38.4 Å². The van der Waals surface area contributed by atoms with Crippen LogP contribution in [0.3, 0.4) is 0 Å². The van der Waals surface area contributed by atoms with Gasteiger partial charge in [0.2, 0.25) is 0 Å². The van der Waals surface area contributed by atoms with Crippen LogP contribution in [0.4, 0.5) is 5.69 Å². The molecule has 9 heteroatoms. The number of rotatable bonds is 5. The Hall–Kier alpha value is -2.55. The van der Waals surface area contributed by atoms with Crippen LogP contribution in [0.1, 0.15) is 0 Å². The average Bonchev–Trinajstić information content (AvgIpc) is 2.29. The standard InChI is InChI=1S/C11H18N4O.HNO3/c1-15(2)7-8-16-10-5-3-9(4-6-10)14-11(12)13;2-1(3)4/h3-6H,7-8H2,1-2H3,(H4,12,13,14);(H,2,3,4). The number of aliphatic imine (C=N–C) groups is 1. The lowest BCUT2D eigenvalue weighted by atomic mass is 10.3. The summed E-state index contributed by atoms with van der Waals surface area (Å²) in [5, 5.41) is 13.6. The van der Waals surface area contributed by atoms with Crippen LogP contribution in [0.2, 0.25) is 0 Å². The number of benzene rings is 1. The van der Waals surface area contributed by atoms with Gasteiger partial charge in [0.05, 0.1) is 5.69 Å². The van der Waals surface area contributed by atoms with Crippen molar-refractivity contribution >= 4 is 11.6 Å². The maximum atomic E-state index is 8.36. The van der Waals surface area contributed by atoms with E-state index in [4.69, 9.17) is 31.5 Å². The SMILES string of the molecule is CN(C)CCOc1ccc(N=C(N)N)cc1.O=[N+]([O-])O. The lowest BCUT2D eigenvalue weighted by molar-refractivity contribution is -0.742. The molecular weight excluding hydrogens is 266 g/mol. The molecular formula is C11H19N5O4. The highest BCUT2D eigenvalue weighted by Gasteiger charge is 1.95. The Bertz CT molecular complexity index is 425. The summed E-state index contributed by atoms with van der Waals surface area (Å²) in [5.41, 5.74) is 11.3. The van der Waals surface area contributed by atoms with Crippen molar-refractivity contribution in [1.82, 2.24) is 4.90 Å². The van der Waals surface area contributed by atoms with Crippen LogP contribution in [0.25, 0.3) is 0 Å². The minimum atomic E-state index is -1.50. The summed E-state index contributed by atoms with van der Waals surface area (Å²) < 4.78 is 5.52. The first-order chi connectivity index (χ1) is 9.31. The molecule has 5 N–H and O–H groups in total. The minimum Gasteiger partial charge on any atom is -0.492 e. The summed E-state index contributed by atoms with van der Waals surface area (Å²) in [6, 6.07) is 7.31. The Balaban J connectivity index is 0.000000796. The van der Waals surface area contributed by atoms with Crippen molar-refractivity contribution < 1.29 is 15.0 Å². The van der Waals surface area contributed by atoms with E-state index in [1.165, 1.54) is 0 Å². The van der Waals surface area contributed by atoms with Gasteiger partial charge in [-0.3, -0.25) is 0 Å². The third kappa shape index (κ3) is 10.6. The van der Waals surface area contributed by atoms with Crippen molar-refractivity contribution in [2.24, 2.45) is 16.5 Å². The topological polar surface area (TPSA) is 140 Å². The van der Waals surface area contributed by atoms with E-state index in [1.807, 2.05) is 38.4 Å². The zero-order chi connectivity index (χ0) is 15.5. The van der Waals surface area contributed by atoms with Crippen LogP contribution in [-0.4, -0.2) is 48.4 Å². The van der Waals surface area contributed by atoms with Crippen molar-refractivity contribution in [3.8, 4) is 5.75 Å². The second-order valence-electron chi connectivity index (χ2n) is 3.92. The normalized spacial score (nSPS) is 9.35. The van der Waals surface area contributed by atoms with E-state index in [9.17, 15) is 0 Å². The Morgan fingerprint density at radius 2 is 1.90 bits per heavy atom. The zero-order valence-corrected chi connectivity index (χ0v) is 11.4. The predicted molar refractivity (Wildman–Crippen MR) is 74.7 cm³/mol. The van der Waals surface area contributed by atoms with Crippen molar-refractivity contribution in [1.29, 1.82) is 0 Å². The first kappa shape index (κ1) is 17.4. The summed E-state index contributed by atoms with van der Waals surface area (Å²) in [6.07, 6.45) is 0. The molecule has 0 radical (unpaired) electrons. The first-order valence-corrected chi connectivity index (χ1v) is 5.61. The van der Waals surface area contributed by atoms with Gasteiger partial charge in [0.15, 0.2) is 5.96 Å². The highest BCUT2D eigenvalue weighted by molar-refractivity contribution is 5.78. The van der Waals surface area contributed by atoms with Crippen LogP contribution < -0.4 is 16.2 Å². The van der Waals surface area contributed by atoms with E-state index >= 15 is 0 Å². The van der Waals surface area contributed by atoms with Gasteiger partial charge in [0.1, 0.15) is 12.4 Å². The monoisotopic (exact) mass is 285 g/mol. The lowest BCUT2D eigenvalue weighted by Gasteiger charge is -2.10. The fraction of sp³-hybridized carbons (Fsp3) is 0.364. The fourth-order valence-electron chi connectivity index (χ4n) is 1.11. The van der Waals surface area contributed by atoms with Crippen LogP contribution in [0.15, 0.2) is 29.3 Å². The highest BCUT2D eigenvalue weighted by atomic mass is 16.9. The smallest absolute Gasteiger partial charge is 0.291 e. The summed E-state index contributed by atoms with van der Waals surface area (Å²) in [4.78, 5) is 14.3. The zero-order valence-electron chi connectivity index (χ0n) is 11.4. The molecule has 1 aromatic rings. The van der Waals surface area contributed by atoms with E-state index in [1.54, 1.807) is 0 Å². The number of ether oxygens (including phenoxy) is 1. The van der Waals surface area contributed by atoms with Gasteiger partial charge in [-0.1, -0.05) is 0 Å². The van der Waals surface area contributed by atoms with Crippen molar-refractivity contribution in [3.05, 3.63) is 34.4 Å². The van der Waals surface area contributed by atoms with Crippen molar-refractivity contribution in [2.45, 2.75) is 0 Å². The van der Waals surface area contributed by atoms with Crippen molar-refractivity contribution in [3.63, 3.8) is 0 Å². The van der Waals surface area contributed by atoms with Crippen LogP contribution >= 0.6 is 0 Å². The summed E-state index contributed by atoms with van der Waals surface area (Å²) >= 11 is 0. The highest BCUT2D eigenvalue weighted by Crippen LogP contribution is 2.17. The molecule has 0 amide bonds. The molecule has 0 fully saturated rings. The average molecular weight is 285 g/mol. The Kier molecular flexibility index (Phi) is 8.19. The molecule has 0 unspecified atom stereocenters. The van der Waals surface area contributed by atoms with Crippen LogP contribution in [-0.2, 0) is 0 Å². The van der Waals surface area contributed by atoms with Gasteiger partial charge in [-0.2, -0.15) is 0 Å². The lowest BCUT2D eigenvalue weighted by Crippen LogP contribution is -2.21. The molecule has 0 heterocycles. The quantitative estimate of drug-likeness (QED) is 0.303.